The number of aromatic nitrogens is 1. The lowest BCUT2D eigenvalue weighted by Gasteiger charge is -2.08. The van der Waals surface area contributed by atoms with E-state index in [0.717, 1.165) is 24.4 Å². The number of nitrogens with one attached hydrogen (secondary N) is 1. The van der Waals surface area contributed by atoms with E-state index in [1.165, 1.54) is 5.56 Å². The molecule has 3 heteroatoms. The zero-order valence-corrected chi connectivity index (χ0v) is 12.4. The van der Waals surface area contributed by atoms with Crippen LogP contribution in [0.2, 0.25) is 0 Å². The highest BCUT2D eigenvalue weighted by atomic mass is 16.5. The van der Waals surface area contributed by atoms with Crippen molar-refractivity contribution >= 4 is 0 Å². The summed E-state index contributed by atoms with van der Waals surface area (Å²) < 4.78 is 5.74. The topological polar surface area (TPSA) is 34.1 Å². The molecule has 0 saturated carbocycles. The van der Waals surface area contributed by atoms with Gasteiger partial charge in [-0.2, -0.15) is 0 Å². The average molecular weight is 270 g/mol. The first-order valence-electron chi connectivity index (χ1n) is 7.12. The van der Waals surface area contributed by atoms with Gasteiger partial charge in [-0.15, -0.1) is 0 Å². The van der Waals surface area contributed by atoms with Crippen molar-refractivity contribution in [3.8, 4) is 11.6 Å². The van der Waals surface area contributed by atoms with Crippen LogP contribution in [0.3, 0.4) is 0 Å². The van der Waals surface area contributed by atoms with E-state index in [0.29, 0.717) is 11.8 Å². The van der Waals surface area contributed by atoms with Crippen LogP contribution in [0.1, 0.15) is 37.8 Å². The third-order valence-corrected chi connectivity index (χ3v) is 3.15. The van der Waals surface area contributed by atoms with E-state index in [1.807, 2.05) is 30.5 Å². The second-order valence-corrected chi connectivity index (χ2v) is 5.11. The molecule has 0 radical (unpaired) electrons. The van der Waals surface area contributed by atoms with Gasteiger partial charge in [0.25, 0.3) is 0 Å². The Morgan fingerprint density at radius 2 is 1.85 bits per heavy atom. The third kappa shape index (κ3) is 4.07. The van der Waals surface area contributed by atoms with Crippen LogP contribution in [-0.2, 0) is 6.54 Å². The molecule has 0 atom stereocenters. The second-order valence-electron chi connectivity index (χ2n) is 5.11. The molecule has 1 heterocycles. The first kappa shape index (κ1) is 14.5. The number of rotatable bonds is 6. The van der Waals surface area contributed by atoms with Gasteiger partial charge in [0, 0.05) is 18.8 Å². The summed E-state index contributed by atoms with van der Waals surface area (Å²) in [5.74, 6) is 1.98. The van der Waals surface area contributed by atoms with Crippen LogP contribution in [0, 0.1) is 0 Å². The Hall–Kier alpha value is -1.87. The molecular formula is C17H22N2O. The standard InChI is InChI=1S/C17H22N2O/c1-4-18-11-14-5-10-17(19-12-14)20-16-8-6-15(7-9-16)13(2)3/h5-10,12-13,18H,4,11H2,1-3H3. The molecule has 0 aliphatic carbocycles. The highest BCUT2D eigenvalue weighted by Gasteiger charge is 2.02. The van der Waals surface area contributed by atoms with Crippen LogP contribution in [0.25, 0.3) is 0 Å². The van der Waals surface area contributed by atoms with Gasteiger partial charge in [-0.05, 0) is 35.7 Å². The fraction of sp³-hybridized carbons (Fsp3) is 0.353. The van der Waals surface area contributed by atoms with E-state index in [-0.39, 0.29) is 0 Å². The Morgan fingerprint density at radius 3 is 2.40 bits per heavy atom. The lowest BCUT2D eigenvalue weighted by molar-refractivity contribution is 0.462. The summed E-state index contributed by atoms with van der Waals surface area (Å²) in [6, 6.07) is 12.1. The zero-order chi connectivity index (χ0) is 14.4. The first-order valence-corrected chi connectivity index (χ1v) is 7.12. The molecule has 106 valence electrons. The van der Waals surface area contributed by atoms with Gasteiger partial charge in [0.2, 0.25) is 5.88 Å². The third-order valence-electron chi connectivity index (χ3n) is 3.15. The van der Waals surface area contributed by atoms with Crippen LogP contribution in [0.15, 0.2) is 42.6 Å². The van der Waals surface area contributed by atoms with Gasteiger partial charge < -0.3 is 10.1 Å². The lowest BCUT2D eigenvalue weighted by Crippen LogP contribution is -2.11. The molecule has 2 rings (SSSR count). The second kappa shape index (κ2) is 7.06. The number of nitrogens with zero attached hydrogens (tertiary/aromatic N) is 1. The molecule has 0 spiro atoms. The lowest BCUT2D eigenvalue weighted by atomic mass is 10.0. The minimum Gasteiger partial charge on any atom is -0.439 e. The summed E-state index contributed by atoms with van der Waals surface area (Å²) in [5.41, 5.74) is 2.47. The highest BCUT2D eigenvalue weighted by Crippen LogP contribution is 2.22. The molecule has 1 aromatic heterocycles. The van der Waals surface area contributed by atoms with E-state index in [4.69, 9.17) is 4.74 Å². The molecule has 0 amide bonds. The highest BCUT2D eigenvalue weighted by molar-refractivity contribution is 5.32. The molecule has 20 heavy (non-hydrogen) atoms. The van der Waals surface area contributed by atoms with Gasteiger partial charge in [-0.3, -0.25) is 0 Å². The zero-order valence-electron chi connectivity index (χ0n) is 12.4. The average Bonchev–Trinajstić information content (AvgIpc) is 2.47. The number of hydrogen-bond acceptors (Lipinski definition) is 3. The summed E-state index contributed by atoms with van der Waals surface area (Å²) in [5, 5.41) is 3.27. The Bertz CT molecular complexity index is 518. The molecule has 0 aliphatic rings. The number of ether oxygens (including phenoxy) is 1. The van der Waals surface area contributed by atoms with Gasteiger partial charge in [0.05, 0.1) is 0 Å². The molecule has 2 aromatic rings. The van der Waals surface area contributed by atoms with Crippen molar-refractivity contribution in [2.45, 2.75) is 33.2 Å². The van der Waals surface area contributed by atoms with Crippen molar-refractivity contribution < 1.29 is 4.74 Å². The van der Waals surface area contributed by atoms with E-state index >= 15 is 0 Å². The summed E-state index contributed by atoms with van der Waals surface area (Å²) in [6.45, 7) is 8.25. The molecular weight excluding hydrogens is 248 g/mol. The Morgan fingerprint density at radius 1 is 1.10 bits per heavy atom. The van der Waals surface area contributed by atoms with E-state index in [2.05, 4.69) is 43.2 Å². The Labute approximate surface area is 121 Å². The van der Waals surface area contributed by atoms with Gasteiger partial charge >= 0.3 is 0 Å². The van der Waals surface area contributed by atoms with Crippen molar-refractivity contribution in [3.63, 3.8) is 0 Å². The van der Waals surface area contributed by atoms with Gasteiger partial charge in [0.1, 0.15) is 5.75 Å². The summed E-state index contributed by atoms with van der Waals surface area (Å²) >= 11 is 0. The maximum absolute atomic E-state index is 5.74. The predicted molar refractivity (Wildman–Crippen MR) is 82.2 cm³/mol. The SMILES string of the molecule is CCNCc1ccc(Oc2ccc(C(C)C)cc2)nc1. The normalized spacial score (nSPS) is 10.8. The van der Waals surface area contributed by atoms with Gasteiger partial charge in [-0.25, -0.2) is 4.98 Å². The molecule has 0 aliphatic heterocycles. The van der Waals surface area contributed by atoms with E-state index in [1.54, 1.807) is 0 Å². The van der Waals surface area contributed by atoms with Crippen LogP contribution in [0.5, 0.6) is 11.6 Å². The number of pyridine rings is 1. The molecule has 0 unspecified atom stereocenters. The first-order chi connectivity index (χ1) is 9.69. The van der Waals surface area contributed by atoms with Crippen molar-refractivity contribution in [3.05, 3.63) is 53.7 Å². The summed E-state index contributed by atoms with van der Waals surface area (Å²) in [7, 11) is 0. The molecule has 0 bridgehead atoms. The minimum atomic E-state index is 0.535. The Kier molecular flexibility index (Phi) is 5.13. The minimum absolute atomic E-state index is 0.535. The predicted octanol–water partition coefficient (Wildman–Crippen LogP) is 4.11. The van der Waals surface area contributed by atoms with Gasteiger partial charge in [-0.1, -0.05) is 39.0 Å². The fourth-order valence-corrected chi connectivity index (χ4v) is 1.89. The number of benzene rings is 1. The molecule has 1 N–H and O–H groups in total. The van der Waals surface area contributed by atoms with Crippen molar-refractivity contribution in [1.29, 1.82) is 0 Å². The van der Waals surface area contributed by atoms with Crippen LogP contribution >= 0.6 is 0 Å². The van der Waals surface area contributed by atoms with Gasteiger partial charge in [0.15, 0.2) is 0 Å². The van der Waals surface area contributed by atoms with E-state index < -0.39 is 0 Å². The maximum Gasteiger partial charge on any atom is 0.219 e. The van der Waals surface area contributed by atoms with Crippen LogP contribution < -0.4 is 10.1 Å². The molecule has 0 saturated heterocycles. The largest absolute Gasteiger partial charge is 0.439 e. The quantitative estimate of drug-likeness (QED) is 0.857. The monoisotopic (exact) mass is 270 g/mol. The number of hydrogen-bond donors (Lipinski definition) is 1. The molecule has 1 aromatic carbocycles. The molecule has 0 fully saturated rings. The fourth-order valence-electron chi connectivity index (χ4n) is 1.89. The van der Waals surface area contributed by atoms with Crippen molar-refractivity contribution in [2.75, 3.05) is 6.54 Å². The van der Waals surface area contributed by atoms with Crippen molar-refractivity contribution in [1.82, 2.24) is 10.3 Å². The Balaban J connectivity index is 1.98. The summed E-state index contributed by atoms with van der Waals surface area (Å²) in [4.78, 5) is 4.32. The van der Waals surface area contributed by atoms with Crippen LogP contribution in [-0.4, -0.2) is 11.5 Å². The summed E-state index contributed by atoms with van der Waals surface area (Å²) in [6.07, 6.45) is 1.85. The van der Waals surface area contributed by atoms with E-state index in [9.17, 15) is 0 Å². The smallest absolute Gasteiger partial charge is 0.219 e. The maximum atomic E-state index is 5.74. The van der Waals surface area contributed by atoms with Crippen LogP contribution in [0.4, 0.5) is 0 Å². The molecule has 3 nitrogen and oxygen atoms in total. The van der Waals surface area contributed by atoms with Crippen molar-refractivity contribution in [2.24, 2.45) is 0 Å².